The van der Waals surface area contributed by atoms with E-state index in [1.165, 1.54) is 50.6 Å². The maximum absolute atomic E-state index is 12.4. The highest BCUT2D eigenvalue weighted by molar-refractivity contribution is 7.92. The molecule has 0 fully saturated rings. The smallest absolute Gasteiger partial charge is 0.279 e. The van der Waals surface area contributed by atoms with Crippen LogP contribution in [0.25, 0.3) is 0 Å². The number of nitrogens with one attached hydrogen (secondary N) is 1. The second-order valence-corrected chi connectivity index (χ2v) is 6.71. The summed E-state index contributed by atoms with van der Waals surface area (Å²) in [5, 5.41) is 1.44. The minimum atomic E-state index is -3.84. The number of sulfonamides is 1. The molecule has 0 aliphatic rings. The number of benzene rings is 2. The molecule has 0 bridgehead atoms. The largest absolute Gasteiger partial charge is 0.279 e. The number of halogens is 1. The SMILES string of the molecule is CON(C)C(=O)c1ccccc1NS(=O)(=O)c1ccc(Cl)cc1. The summed E-state index contributed by atoms with van der Waals surface area (Å²) in [5.74, 6) is -0.470. The van der Waals surface area contributed by atoms with Gasteiger partial charge in [0.1, 0.15) is 0 Å². The number of anilines is 1. The lowest BCUT2D eigenvalue weighted by molar-refractivity contribution is -0.0756. The molecule has 0 saturated carbocycles. The molecule has 2 aromatic rings. The Morgan fingerprint density at radius 1 is 1.13 bits per heavy atom. The molecular weight excluding hydrogens is 340 g/mol. The Bertz CT molecular complexity index is 806. The summed E-state index contributed by atoms with van der Waals surface area (Å²) in [6.45, 7) is 0. The number of carbonyl (C=O) groups is 1. The highest BCUT2D eigenvalue weighted by Gasteiger charge is 2.20. The quantitative estimate of drug-likeness (QED) is 0.838. The molecule has 0 unspecified atom stereocenters. The van der Waals surface area contributed by atoms with Crippen LogP contribution in [0.1, 0.15) is 10.4 Å². The molecule has 1 N–H and O–H groups in total. The summed E-state index contributed by atoms with van der Waals surface area (Å²) in [6, 6.07) is 12.0. The fourth-order valence-electron chi connectivity index (χ4n) is 1.83. The highest BCUT2D eigenvalue weighted by Crippen LogP contribution is 2.22. The molecule has 2 rings (SSSR count). The van der Waals surface area contributed by atoms with E-state index in [9.17, 15) is 13.2 Å². The van der Waals surface area contributed by atoms with Crippen LogP contribution in [0.5, 0.6) is 0 Å². The Kier molecular flexibility index (Phi) is 5.25. The maximum atomic E-state index is 12.4. The van der Waals surface area contributed by atoms with Crippen LogP contribution in [0.4, 0.5) is 5.69 Å². The Labute approximate surface area is 139 Å². The summed E-state index contributed by atoms with van der Waals surface area (Å²) in [7, 11) is -1.06. The zero-order valence-corrected chi connectivity index (χ0v) is 14.1. The van der Waals surface area contributed by atoms with Crippen molar-refractivity contribution in [2.24, 2.45) is 0 Å². The van der Waals surface area contributed by atoms with Gasteiger partial charge in [-0.25, -0.2) is 13.5 Å². The predicted octanol–water partition coefficient (Wildman–Crippen LogP) is 2.77. The van der Waals surface area contributed by atoms with Crippen molar-refractivity contribution in [3.8, 4) is 0 Å². The second-order valence-electron chi connectivity index (χ2n) is 4.59. The first-order valence-corrected chi connectivity index (χ1v) is 8.41. The van der Waals surface area contributed by atoms with Gasteiger partial charge in [-0.2, -0.15) is 0 Å². The van der Waals surface area contributed by atoms with E-state index >= 15 is 0 Å². The first kappa shape index (κ1) is 17.3. The number of hydroxylamine groups is 2. The Morgan fingerprint density at radius 3 is 2.35 bits per heavy atom. The van der Waals surface area contributed by atoms with Gasteiger partial charge in [0.05, 0.1) is 23.3 Å². The molecule has 0 atom stereocenters. The van der Waals surface area contributed by atoms with Crippen LogP contribution in [0.2, 0.25) is 5.02 Å². The van der Waals surface area contributed by atoms with E-state index in [2.05, 4.69) is 4.72 Å². The molecule has 6 nitrogen and oxygen atoms in total. The molecule has 1 amide bonds. The molecule has 122 valence electrons. The number of hydrogen-bond acceptors (Lipinski definition) is 4. The number of hydrogen-bond donors (Lipinski definition) is 1. The summed E-state index contributed by atoms with van der Waals surface area (Å²) in [4.78, 5) is 17.1. The van der Waals surface area contributed by atoms with Gasteiger partial charge in [-0.15, -0.1) is 0 Å². The number of amides is 1. The molecule has 2 aromatic carbocycles. The topological polar surface area (TPSA) is 75.7 Å². The lowest BCUT2D eigenvalue weighted by atomic mass is 10.2. The summed E-state index contributed by atoms with van der Waals surface area (Å²) in [6.07, 6.45) is 0. The Balaban J connectivity index is 2.37. The van der Waals surface area contributed by atoms with Crippen molar-refractivity contribution in [3.63, 3.8) is 0 Å². The third-order valence-corrected chi connectivity index (χ3v) is 4.72. The summed E-state index contributed by atoms with van der Waals surface area (Å²) < 4.78 is 27.2. The first-order valence-electron chi connectivity index (χ1n) is 6.55. The second kappa shape index (κ2) is 6.99. The number of nitrogens with zero attached hydrogens (tertiary/aromatic N) is 1. The van der Waals surface area contributed by atoms with E-state index in [1.54, 1.807) is 12.1 Å². The Hall–Kier alpha value is -2.09. The molecule has 0 spiro atoms. The third kappa shape index (κ3) is 4.01. The van der Waals surface area contributed by atoms with Gasteiger partial charge in [0, 0.05) is 12.1 Å². The average Bonchev–Trinajstić information content (AvgIpc) is 2.54. The fraction of sp³-hybridized carbons (Fsp3) is 0.133. The molecule has 0 aliphatic heterocycles. The van der Waals surface area contributed by atoms with Gasteiger partial charge in [-0.05, 0) is 36.4 Å². The zero-order chi connectivity index (χ0) is 17.0. The fourth-order valence-corrected chi connectivity index (χ4v) is 3.03. The molecule has 0 heterocycles. The van der Waals surface area contributed by atoms with Crippen molar-refractivity contribution in [1.82, 2.24) is 5.06 Å². The van der Waals surface area contributed by atoms with Gasteiger partial charge in [0.2, 0.25) is 0 Å². The van der Waals surface area contributed by atoms with Gasteiger partial charge in [-0.3, -0.25) is 14.4 Å². The summed E-state index contributed by atoms with van der Waals surface area (Å²) >= 11 is 5.76. The van der Waals surface area contributed by atoms with Crippen molar-refractivity contribution in [2.45, 2.75) is 4.90 Å². The molecular formula is C15H15ClN2O4S. The van der Waals surface area contributed by atoms with Gasteiger partial charge < -0.3 is 0 Å². The molecule has 0 radical (unpaired) electrons. The minimum Gasteiger partial charge on any atom is -0.279 e. The predicted molar refractivity (Wildman–Crippen MR) is 87.8 cm³/mol. The molecule has 23 heavy (non-hydrogen) atoms. The van der Waals surface area contributed by atoms with E-state index < -0.39 is 15.9 Å². The standard InChI is InChI=1S/C15H15ClN2O4S/c1-18(22-2)15(19)13-5-3-4-6-14(13)17-23(20,21)12-9-7-11(16)8-10-12/h3-10,17H,1-2H3. The van der Waals surface area contributed by atoms with Crippen molar-refractivity contribution < 1.29 is 18.0 Å². The van der Waals surface area contributed by atoms with E-state index in [-0.39, 0.29) is 16.1 Å². The third-order valence-electron chi connectivity index (χ3n) is 3.09. The van der Waals surface area contributed by atoms with Crippen LogP contribution in [-0.4, -0.2) is 33.5 Å². The Morgan fingerprint density at radius 2 is 1.74 bits per heavy atom. The maximum Gasteiger partial charge on any atom is 0.279 e. The van der Waals surface area contributed by atoms with Crippen LogP contribution in [0, 0.1) is 0 Å². The average molecular weight is 355 g/mol. The monoisotopic (exact) mass is 354 g/mol. The van der Waals surface area contributed by atoms with E-state index in [1.807, 2.05) is 0 Å². The van der Waals surface area contributed by atoms with E-state index in [4.69, 9.17) is 16.4 Å². The summed E-state index contributed by atoms with van der Waals surface area (Å²) in [5.41, 5.74) is 0.339. The van der Waals surface area contributed by atoms with Crippen molar-refractivity contribution in [1.29, 1.82) is 0 Å². The molecule has 0 aromatic heterocycles. The highest BCUT2D eigenvalue weighted by atomic mass is 35.5. The minimum absolute atomic E-state index is 0.0456. The normalized spacial score (nSPS) is 11.1. The van der Waals surface area contributed by atoms with Crippen molar-refractivity contribution in [2.75, 3.05) is 18.9 Å². The van der Waals surface area contributed by atoms with Gasteiger partial charge in [0.15, 0.2) is 0 Å². The lowest BCUT2D eigenvalue weighted by Gasteiger charge is -2.17. The van der Waals surface area contributed by atoms with Crippen LogP contribution in [0.15, 0.2) is 53.4 Å². The number of carbonyl (C=O) groups excluding carboxylic acids is 1. The van der Waals surface area contributed by atoms with E-state index in [0.29, 0.717) is 5.02 Å². The number of rotatable bonds is 5. The van der Waals surface area contributed by atoms with Gasteiger partial charge in [-0.1, -0.05) is 23.7 Å². The molecule has 0 aliphatic carbocycles. The molecule has 8 heteroatoms. The van der Waals surface area contributed by atoms with Crippen molar-refractivity contribution >= 4 is 33.2 Å². The van der Waals surface area contributed by atoms with Crippen LogP contribution >= 0.6 is 11.6 Å². The van der Waals surface area contributed by atoms with Crippen LogP contribution in [0.3, 0.4) is 0 Å². The van der Waals surface area contributed by atoms with Crippen LogP contribution in [-0.2, 0) is 14.9 Å². The van der Waals surface area contributed by atoms with Crippen LogP contribution < -0.4 is 4.72 Å². The number of para-hydroxylation sites is 1. The van der Waals surface area contributed by atoms with Gasteiger partial charge in [0.25, 0.3) is 15.9 Å². The zero-order valence-electron chi connectivity index (χ0n) is 12.5. The van der Waals surface area contributed by atoms with Gasteiger partial charge >= 0.3 is 0 Å². The lowest BCUT2D eigenvalue weighted by Crippen LogP contribution is -2.27. The molecule has 0 saturated heterocycles. The first-order chi connectivity index (χ1) is 10.8. The van der Waals surface area contributed by atoms with E-state index in [0.717, 1.165) is 5.06 Å². The van der Waals surface area contributed by atoms with Crippen molar-refractivity contribution in [3.05, 3.63) is 59.1 Å².